The Balaban J connectivity index is 0.000000159. The maximum absolute atomic E-state index is 14.0. The van der Waals surface area contributed by atoms with Gasteiger partial charge in [0.25, 0.3) is 0 Å². The van der Waals surface area contributed by atoms with Crippen LogP contribution in [0.25, 0.3) is 44.9 Å². The molecular weight excluding hydrogens is 1950 g/mol. The molecule has 0 radical (unpaired) electrons. The molecule has 4 aromatic heterocycles. The van der Waals surface area contributed by atoms with Crippen LogP contribution in [-0.4, -0.2) is 251 Å². The summed E-state index contributed by atoms with van der Waals surface area (Å²) in [5.74, 6) is -8.30. The number of aromatic nitrogens is 4. The van der Waals surface area contributed by atoms with Crippen molar-refractivity contribution in [3.63, 3.8) is 0 Å². The molecule has 8 heterocycles. The van der Waals surface area contributed by atoms with Crippen LogP contribution in [0.2, 0.25) is 0 Å². The molecule has 748 valence electrons. The minimum Gasteiger partial charge on any atom is -0.383 e. The minimum atomic E-state index is -3.57. The van der Waals surface area contributed by atoms with Gasteiger partial charge in [-0.25, -0.2) is 81.1 Å². The zero-order valence-electron chi connectivity index (χ0n) is 78.7. The van der Waals surface area contributed by atoms with Crippen molar-refractivity contribution in [1.29, 1.82) is 0 Å². The van der Waals surface area contributed by atoms with E-state index in [1.54, 1.807) is 95.3 Å². The van der Waals surface area contributed by atoms with Crippen molar-refractivity contribution >= 4 is 82.5 Å². The summed E-state index contributed by atoms with van der Waals surface area (Å²) < 4.78 is 180. The number of rotatable bonds is 30. The average Bonchev–Trinajstić information content (AvgIpc) is 0.866. The Morgan fingerprint density at radius 3 is 0.986 bits per heavy atom. The number of nitrogens with zero attached hydrogens (tertiary/aromatic N) is 8. The standard InChI is InChI=1S/2C26H28F2N4O4S.C26H28F2N4O2.C25H25BrF2N4O2/c1-36-11-10-32-15-20(18-8-9-21(27)22(28)12-18)24(16-32)31-26(33)30-23-13-19(37(2,34)35)14-29-25(23)17-6-4-3-5-7-17;1-36-13-12-32-15-19(18-8-9-20(27)21(28)14-18)23(16-32)30-26(33)29-22-10-11-24(37(2,34)35)31-25(22)17-6-4-3-5-7-17;1-17-24(13-20(14-29-17)18-6-4-3-5-7-18)30-26(33)31-25-16-32(10-11-34-2)15-21(25)19-8-9-22(27)23(28)12-19;1-34-12-11-32-14-18(17-7-8-19(27)20(28)13-17)22(15-32)30-25(33)29-21-9-10-23(26)31-24(21)16-5-3-2-4-6-16/h3-9,12-14,20,24H,10-11,15-16H2,1-2H3,(H2,30,31,33);3-11,14,19,23H,12-13,15-16H2,1-2H3,(H2,29,30,33);3-9,12-14,21,25H,10-11,15-16H2,1-2H3,(H2,30,31,33);2-10,13,18,22H,11-12,14-15H2,1H3,(H2,29,30,33)/t20-,24+;19-,23+;21-,25+;18-,22+/m0000/s1. The summed E-state index contributed by atoms with van der Waals surface area (Å²) >= 11 is 3.39. The fourth-order valence-electron chi connectivity index (χ4n) is 17.3. The molecule has 142 heavy (non-hydrogen) atoms. The van der Waals surface area contributed by atoms with Crippen LogP contribution in [0, 0.1) is 53.5 Å². The molecule has 4 saturated heterocycles. The molecule has 8 aromatic carbocycles. The highest BCUT2D eigenvalue weighted by Crippen LogP contribution is 2.38. The molecule has 0 bridgehead atoms. The van der Waals surface area contributed by atoms with Crippen molar-refractivity contribution in [1.82, 2.24) is 60.8 Å². The molecule has 16 rings (SSSR count). The smallest absolute Gasteiger partial charge is 0.319 e. The highest BCUT2D eigenvalue weighted by Gasteiger charge is 2.40. The number of amides is 8. The summed E-state index contributed by atoms with van der Waals surface area (Å²) in [7, 11) is -0.690. The van der Waals surface area contributed by atoms with Crippen molar-refractivity contribution in [2.45, 2.75) is 64.7 Å². The number of hydrogen-bond acceptors (Lipinski definition) is 20. The number of anilines is 4. The highest BCUT2D eigenvalue weighted by atomic mass is 79.9. The molecule has 0 spiro atoms. The van der Waals surface area contributed by atoms with Crippen LogP contribution in [0.5, 0.6) is 0 Å². The zero-order valence-corrected chi connectivity index (χ0v) is 81.9. The second-order valence-electron chi connectivity index (χ2n) is 34.5. The van der Waals surface area contributed by atoms with Gasteiger partial charge >= 0.3 is 24.1 Å². The summed E-state index contributed by atoms with van der Waals surface area (Å²) in [6, 6.07) is 59.0. The lowest BCUT2D eigenvalue weighted by Crippen LogP contribution is -2.42. The van der Waals surface area contributed by atoms with E-state index in [0.29, 0.717) is 183 Å². The number of aryl methyl sites for hydroxylation is 1. The van der Waals surface area contributed by atoms with E-state index in [9.17, 15) is 71.1 Å². The van der Waals surface area contributed by atoms with Crippen LogP contribution in [0.4, 0.5) is 77.1 Å². The summed E-state index contributed by atoms with van der Waals surface area (Å²) in [5.41, 5.74) is 10.3. The van der Waals surface area contributed by atoms with Crippen LogP contribution in [0.15, 0.2) is 257 Å². The molecule has 39 heteroatoms. The van der Waals surface area contributed by atoms with Gasteiger partial charge in [-0.15, -0.1) is 0 Å². The topological polar surface area (TPSA) is 334 Å². The number of carbonyl (C=O) groups is 4. The van der Waals surface area contributed by atoms with Gasteiger partial charge in [0, 0.05) is 178 Å². The summed E-state index contributed by atoms with van der Waals surface area (Å²) in [5, 5.41) is 23.1. The lowest BCUT2D eigenvalue weighted by atomic mass is 9.94. The first kappa shape index (κ1) is 106. The summed E-state index contributed by atoms with van der Waals surface area (Å²) in [6.45, 7) is 10.8. The SMILES string of the molecule is COCCN1C[C@@H](NC(=O)Nc2cc(-c3ccccc3)cnc2C)[C@H](c2ccc(F)c(F)c2)C1.COCCN1C[C@@H](NC(=O)Nc2cc(S(C)(=O)=O)cnc2-c2ccccc2)[C@H](c2ccc(F)c(F)c2)C1.COCCN1C[C@@H](NC(=O)Nc2ccc(Br)nc2-c2ccccc2)[C@H](c2ccc(F)c(F)c2)C1.COCCN1C[C@@H](NC(=O)Nc2ccc(S(C)(=O)=O)nc2-c2ccccc2)[C@H](c2ccc(F)c(F)c2)C1. The maximum Gasteiger partial charge on any atom is 0.319 e. The molecule has 4 aliphatic rings. The van der Waals surface area contributed by atoms with Gasteiger partial charge < -0.3 is 61.5 Å². The molecule has 0 aliphatic carbocycles. The number of benzene rings is 8. The van der Waals surface area contributed by atoms with Crippen molar-refractivity contribution in [2.75, 3.05) is 167 Å². The van der Waals surface area contributed by atoms with E-state index >= 15 is 0 Å². The summed E-state index contributed by atoms with van der Waals surface area (Å²) in [6.07, 6.45) is 5.16. The van der Waals surface area contributed by atoms with Gasteiger partial charge in [0.05, 0.1) is 101 Å². The number of hydrogen-bond donors (Lipinski definition) is 8. The Bertz CT molecular complexity index is 6600. The number of urea groups is 4. The van der Waals surface area contributed by atoms with E-state index in [0.717, 1.165) is 65.6 Å². The van der Waals surface area contributed by atoms with Gasteiger partial charge in [0.15, 0.2) is 71.2 Å². The maximum atomic E-state index is 14.0. The average molecular weight is 2060 g/mol. The lowest BCUT2D eigenvalue weighted by Gasteiger charge is -2.21. The minimum absolute atomic E-state index is 0.0336. The third-order valence-corrected chi connectivity index (χ3v) is 27.0. The molecule has 4 fully saturated rings. The van der Waals surface area contributed by atoms with Crippen molar-refractivity contribution < 1.29 is 90.1 Å². The van der Waals surface area contributed by atoms with E-state index in [2.05, 4.69) is 98.0 Å². The number of pyridine rings is 4. The molecular formula is C103H109BrF8N16O12S2. The molecule has 0 saturated carbocycles. The van der Waals surface area contributed by atoms with Gasteiger partial charge in [-0.3, -0.25) is 29.6 Å². The first-order valence-electron chi connectivity index (χ1n) is 45.4. The van der Waals surface area contributed by atoms with Gasteiger partial charge in [-0.1, -0.05) is 146 Å². The number of ether oxygens (including phenoxy) is 4. The number of halogens is 9. The van der Waals surface area contributed by atoms with Crippen LogP contribution < -0.4 is 42.5 Å². The largest absolute Gasteiger partial charge is 0.383 e. The van der Waals surface area contributed by atoms with Gasteiger partial charge in [-0.05, 0) is 136 Å². The Morgan fingerprint density at radius 1 is 0.338 bits per heavy atom. The Morgan fingerprint density at radius 2 is 0.655 bits per heavy atom. The Hall–Kier alpha value is -13.1. The van der Waals surface area contributed by atoms with Crippen molar-refractivity contribution in [3.8, 4) is 44.9 Å². The first-order valence-corrected chi connectivity index (χ1v) is 50.0. The monoisotopic (exact) mass is 2060 g/mol. The quantitative estimate of drug-likeness (QED) is 0.0153. The number of sulfone groups is 2. The Kier molecular flexibility index (Phi) is 37.5. The van der Waals surface area contributed by atoms with E-state index in [1.807, 2.05) is 97.9 Å². The van der Waals surface area contributed by atoms with Crippen molar-refractivity contribution in [2.24, 2.45) is 0 Å². The zero-order chi connectivity index (χ0) is 101. The lowest BCUT2D eigenvalue weighted by molar-refractivity contribution is 0.159. The van der Waals surface area contributed by atoms with Gasteiger partial charge in [-0.2, -0.15) is 0 Å². The molecule has 0 unspecified atom stereocenters. The predicted octanol–water partition coefficient (Wildman–Crippen LogP) is 16.9. The number of likely N-dealkylation sites (tertiary alicyclic amines) is 4. The molecule has 12 aromatic rings. The van der Waals surface area contributed by atoms with Crippen LogP contribution in [0.1, 0.15) is 51.6 Å². The fraction of sp³-hybridized carbons (Fsp3) is 0.301. The first-order chi connectivity index (χ1) is 68.2. The number of methoxy groups -OCH3 is 4. The van der Waals surface area contributed by atoms with E-state index in [4.69, 9.17) is 18.9 Å². The Labute approximate surface area is 827 Å². The van der Waals surface area contributed by atoms with Crippen LogP contribution >= 0.6 is 15.9 Å². The second-order valence-corrected chi connectivity index (χ2v) is 39.2. The third-order valence-electron chi connectivity index (χ3n) is 24.5. The summed E-state index contributed by atoms with van der Waals surface area (Å²) in [4.78, 5) is 78.2. The molecule has 4 aliphatic heterocycles. The van der Waals surface area contributed by atoms with Gasteiger partial charge in [0.1, 0.15) is 4.60 Å². The fourth-order valence-corrected chi connectivity index (χ4v) is 18.8. The van der Waals surface area contributed by atoms with E-state index < -0.39 is 96.4 Å². The normalized spacial score (nSPS) is 18.1. The molecule has 28 nitrogen and oxygen atoms in total. The van der Waals surface area contributed by atoms with Crippen LogP contribution in [0.3, 0.4) is 0 Å². The van der Waals surface area contributed by atoms with E-state index in [-0.39, 0.29) is 57.4 Å². The third kappa shape index (κ3) is 29.1. The highest BCUT2D eigenvalue weighted by molar-refractivity contribution is 9.10. The number of carbonyl (C=O) groups excluding carboxylic acids is 4. The second kappa shape index (κ2) is 50.1. The van der Waals surface area contributed by atoms with Crippen LogP contribution in [-0.2, 0) is 38.6 Å². The van der Waals surface area contributed by atoms with E-state index in [1.165, 1.54) is 48.7 Å². The van der Waals surface area contributed by atoms with Gasteiger partial charge in [0.2, 0.25) is 0 Å². The number of nitrogens with one attached hydrogen (secondary N) is 8. The molecule has 8 N–H and O–H groups in total. The molecule has 8 atom stereocenters. The van der Waals surface area contributed by atoms with Crippen molar-refractivity contribution in [3.05, 3.63) is 322 Å². The predicted molar refractivity (Wildman–Crippen MR) is 531 cm³/mol. The molecule has 8 amide bonds.